The Hall–Kier alpha value is -3.71. The molecule has 0 fully saturated rings. The number of fused-ring (bicyclic) bond motifs is 1. The quantitative estimate of drug-likeness (QED) is 0.313. The number of nitrogens with zero attached hydrogens (tertiary/aromatic N) is 1. The molecule has 174 valence electrons. The van der Waals surface area contributed by atoms with Crippen LogP contribution in [0.4, 0.5) is 5.69 Å². The zero-order chi connectivity index (χ0) is 24.2. The molecule has 0 saturated carbocycles. The van der Waals surface area contributed by atoms with Crippen molar-refractivity contribution in [2.24, 2.45) is 0 Å². The molecule has 0 radical (unpaired) electrons. The van der Waals surface area contributed by atoms with Crippen LogP contribution in [0.15, 0.2) is 65.1 Å². The summed E-state index contributed by atoms with van der Waals surface area (Å²) in [5.74, 6) is 1.23. The van der Waals surface area contributed by atoms with Gasteiger partial charge in [0, 0.05) is 11.3 Å². The molecule has 1 heterocycles. The molecule has 4 rings (SSSR count). The lowest BCUT2D eigenvalue weighted by Gasteiger charge is -2.13. The Morgan fingerprint density at radius 2 is 1.91 bits per heavy atom. The fourth-order valence-corrected chi connectivity index (χ4v) is 3.95. The van der Waals surface area contributed by atoms with E-state index in [1.54, 1.807) is 19.2 Å². The molecule has 3 aromatic carbocycles. The summed E-state index contributed by atoms with van der Waals surface area (Å²) in [5.41, 5.74) is 5.76. The number of aromatic nitrogens is 1. The number of nitrogens with one attached hydrogen (secondary N) is 2. The third-order valence-electron chi connectivity index (χ3n) is 5.87. The largest absolute Gasteiger partial charge is 0.496 e. The van der Waals surface area contributed by atoms with Crippen LogP contribution in [0.1, 0.15) is 47.7 Å². The summed E-state index contributed by atoms with van der Waals surface area (Å²) in [5, 5.41) is 5.93. The predicted molar refractivity (Wildman–Crippen MR) is 140 cm³/mol. The van der Waals surface area contributed by atoms with Crippen LogP contribution < -0.4 is 15.4 Å². The highest BCUT2D eigenvalue weighted by Crippen LogP contribution is 2.28. The summed E-state index contributed by atoms with van der Waals surface area (Å²) in [6.07, 6.45) is 1.07. The van der Waals surface area contributed by atoms with Crippen LogP contribution in [-0.4, -0.2) is 23.1 Å². The zero-order valence-corrected chi connectivity index (χ0v) is 20.5. The van der Waals surface area contributed by atoms with Gasteiger partial charge in [0.25, 0.3) is 5.91 Å². The highest BCUT2D eigenvalue weighted by atomic mass is 32.1. The number of carbonyl (C=O) groups excluding carboxylic acids is 1. The minimum absolute atomic E-state index is 0.195. The van der Waals surface area contributed by atoms with Crippen molar-refractivity contribution < 1.29 is 13.9 Å². The number of hydrogen-bond acceptors (Lipinski definition) is 5. The number of carbonyl (C=O) groups is 1. The maximum atomic E-state index is 12.6. The first-order valence-electron chi connectivity index (χ1n) is 11.2. The Bertz CT molecular complexity index is 1350. The molecule has 0 aliphatic carbocycles. The normalized spacial score (nSPS) is 11.8. The molecule has 1 aromatic heterocycles. The topological polar surface area (TPSA) is 76.4 Å². The number of rotatable bonds is 6. The standard InChI is InChI=1S/C27H27N3O3S/c1-5-16(2)19-11-14-23-22(15-19)29-26(33-23)18-9-12-20(13-10-18)28-27(34)30-25(31)21-8-6-7-17(3)24(21)32-4/h6-16H,5H2,1-4H3,(H2,28,30,31,34). The lowest BCUT2D eigenvalue weighted by Crippen LogP contribution is -2.34. The molecule has 0 spiro atoms. The van der Waals surface area contributed by atoms with Gasteiger partial charge in [0.1, 0.15) is 11.3 Å². The zero-order valence-electron chi connectivity index (χ0n) is 19.6. The van der Waals surface area contributed by atoms with Gasteiger partial charge in [-0.2, -0.15) is 0 Å². The highest BCUT2D eigenvalue weighted by Gasteiger charge is 2.15. The predicted octanol–water partition coefficient (Wildman–Crippen LogP) is 6.45. The Kier molecular flexibility index (Phi) is 6.93. The van der Waals surface area contributed by atoms with Gasteiger partial charge in [0.2, 0.25) is 5.89 Å². The Morgan fingerprint density at radius 1 is 1.15 bits per heavy atom. The lowest BCUT2D eigenvalue weighted by atomic mass is 9.98. The molecule has 0 aliphatic heterocycles. The summed E-state index contributed by atoms with van der Waals surface area (Å²) >= 11 is 5.32. The van der Waals surface area contributed by atoms with Gasteiger partial charge in [-0.25, -0.2) is 4.98 Å². The van der Waals surface area contributed by atoms with Crippen molar-refractivity contribution in [3.05, 3.63) is 77.4 Å². The van der Waals surface area contributed by atoms with Crippen LogP contribution in [0.5, 0.6) is 5.75 Å². The number of ether oxygens (including phenoxy) is 1. The van der Waals surface area contributed by atoms with Gasteiger partial charge >= 0.3 is 0 Å². The Labute approximate surface area is 204 Å². The van der Waals surface area contributed by atoms with Crippen molar-refractivity contribution in [3.63, 3.8) is 0 Å². The van der Waals surface area contributed by atoms with Crippen molar-refractivity contribution in [3.8, 4) is 17.2 Å². The van der Waals surface area contributed by atoms with E-state index >= 15 is 0 Å². The molecule has 0 saturated heterocycles. The third-order valence-corrected chi connectivity index (χ3v) is 6.07. The third kappa shape index (κ3) is 4.94. The summed E-state index contributed by atoms with van der Waals surface area (Å²) in [6.45, 7) is 6.27. The average Bonchev–Trinajstić information content (AvgIpc) is 3.27. The van der Waals surface area contributed by atoms with E-state index in [0.717, 1.165) is 34.3 Å². The molecule has 7 heteroatoms. The minimum atomic E-state index is -0.335. The fraction of sp³-hybridized carbons (Fsp3) is 0.222. The molecule has 0 aliphatic rings. The van der Waals surface area contributed by atoms with Crippen LogP contribution in [0.3, 0.4) is 0 Å². The number of thiocarbonyl (C=S) groups is 1. The Balaban J connectivity index is 1.44. The molecular formula is C27H27N3O3S. The van der Waals surface area contributed by atoms with Crippen molar-refractivity contribution in [1.29, 1.82) is 0 Å². The average molecular weight is 474 g/mol. The first-order valence-corrected chi connectivity index (χ1v) is 11.6. The van der Waals surface area contributed by atoms with Gasteiger partial charge in [-0.1, -0.05) is 32.0 Å². The van der Waals surface area contributed by atoms with Crippen molar-refractivity contribution in [1.82, 2.24) is 10.3 Å². The van der Waals surface area contributed by atoms with Crippen LogP contribution in [0, 0.1) is 6.92 Å². The van der Waals surface area contributed by atoms with E-state index in [0.29, 0.717) is 23.1 Å². The van der Waals surface area contributed by atoms with E-state index in [-0.39, 0.29) is 11.0 Å². The monoisotopic (exact) mass is 473 g/mol. The summed E-state index contributed by atoms with van der Waals surface area (Å²) in [6, 6.07) is 19.1. The van der Waals surface area contributed by atoms with Crippen LogP contribution >= 0.6 is 12.2 Å². The summed E-state index contributed by atoms with van der Waals surface area (Å²) in [7, 11) is 1.54. The number of benzene rings is 3. The smallest absolute Gasteiger partial charge is 0.261 e. The highest BCUT2D eigenvalue weighted by molar-refractivity contribution is 7.80. The molecule has 1 atom stereocenters. The number of oxazole rings is 1. The number of methoxy groups -OCH3 is 1. The molecule has 6 nitrogen and oxygen atoms in total. The van der Waals surface area contributed by atoms with E-state index in [1.165, 1.54) is 5.56 Å². The van der Waals surface area contributed by atoms with Gasteiger partial charge in [-0.15, -0.1) is 0 Å². The molecule has 2 N–H and O–H groups in total. The van der Waals surface area contributed by atoms with Crippen molar-refractivity contribution in [2.75, 3.05) is 12.4 Å². The fourth-order valence-electron chi connectivity index (χ4n) is 3.74. The summed E-state index contributed by atoms with van der Waals surface area (Å²) in [4.78, 5) is 17.3. The van der Waals surface area contributed by atoms with Gasteiger partial charge < -0.3 is 14.5 Å². The van der Waals surface area contributed by atoms with E-state index in [1.807, 2.05) is 43.3 Å². The maximum absolute atomic E-state index is 12.6. The molecule has 34 heavy (non-hydrogen) atoms. The lowest BCUT2D eigenvalue weighted by molar-refractivity contribution is 0.0974. The van der Waals surface area contributed by atoms with E-state index in [4.69, 9.17) is 21.4 Å². The van der Waals surface area contributed by atoms with Crippen molar-refractivity contribution >= 4 is 40.0 Å². The second kappa shape index (κ2) is 10.1. The SMILES string of the molecule is CCC(C)c1ccc2oc(-c3ccc(NC(=S)NC(=O)c4cccc(C)c4OC)cc3)nc2c1. The molecule has 4 aromatic rings. The second-order valence-electron chi connectivity index (χ2n) is 8.20. The molecular weight excluding hydrogens is 446 g/mol. The number of hydrogen-bond donors (Lipinski definition) is 2. The van der Waals surface area contributed by atoms with Gasteiger partial charge in [-0.05, 0) is 85.1 Å². The molecule has 1 amide bonds. The first kappa shape index (κ1) is 23.4. The van der Waals surface area contributed by atoms with Gasteiger partial charge in [0.05, 0.1) is 12.7 Å². The second-order valence-corrected chi connectivity index (χ2v) is 8.61. The van der Waals surface area contributed by atoms with E-state index in [2.05, 4.69) is 41.6 Å². The van der Waals surface area contributed by atoms with Crippen LogP contribution in [0.2, 0.25) is 0 Å². The van der Waals surface area contributed by atoms with Gasteiger partial charge in [0.15, 0.2) is 10.7 Å². The Morgan fingerprint density at radius 3 is 2.62 bits per heavy atom. The maximum Gasteiger partial charge on any atom is 0.261 e. The van der Waals surface area contributed by atoms with E-state index < -0.39 is 0 Å². The minimum Gasteiger partial charge on any atom is -0.496 e. The van der Waals surface area contributed by atoms with E-state index in [9.17, 15) is 4.79 Å². The first-order chi connectivity index (χ1) is 16.4. The molecule has 1 unspecified atom stereocenters. The number of anilines is 1. The number of aryl methyl sites for hydroxylation is 1. The van der Waals surface area contributed by atoms with Crippen LogP contribution in [0.25, 0.3) is 22.6 Å². The number of para-hydroxylation sites is 1. The molecule has 0 bridgehead atoms. The van der Waals surface area contributed by atoms with Crippen molar-refractivity contribution in [2.45, 2.75) is 33.1 Å². The van der Waals surface area contributed by atoms with Crippen LogP contribution in [-0.2, 0) is 0 Å². The van der Waals surface area contributed by atoms with Gasteiger partial charge in [-0.3, -0.25) is 10.1 Å². The summed E-state index contributed by atoms with van der Waals surface area (Å²) < 4.78 is 11.3. The number of amides is 1.